The standard InChI is InChI=1S/C23H30ClN3O2.HI/c1-3-29-21-11-7-4-8-18(21)16-26-22(25-2)27-17-23(12-14-28-15-13-23)19-9-5-6-10-20(19)24;/h4-11H,3,12-17H2,1-2H3,(H2,25,26,27);1H. The lowest BCUT2D eigenvalue weighted by Gasteiger charge is -2.38. The van der Waals surface area contributed by atoms with Crippen LogP contribution in [0.25, 0.3) is 0 Å². The molecule has 0 radical (unpaired) electrons. The van der Waals surface area contributed by atoms with Crippen LogP contribution in [0.1, 0.15) is 30.9 Å². The minimum absolute atomic E-state index is 0. The Balaban J connectivity index is 0.00000320. The fourth-order valence-electron chi connectivity index (χ4n) is 3.79. The van der Waals surface area contributed by atoms with E-state index < -0.39 is 0 Å². The van der Waals surface area contributed by atoms with E-state index in [0.717, 1.165) is 54.9 Å². The molecule has 0 amide bonds. The Labute approximate surface area is 201 Å². The van der Waals surface area contributed by atoms with Gasteiger partial charge in [-0.05, 0) is 37.5 Å². The molecule has 0 bridgehead atoms. The number of ether oxygens (including phenoxy) is 2. The summed E-state index contributed by atoms with van der Waals surface area (Å²) in [6.45, 7) is 5.49. The van der Waals surface area contributed by atoms with Crippen molar-refractivity contribution < 1.29 is 9.47 Å². The monoisotopic (exact) mass is 543 g/mol. The number of rotatable bonds is 7. The molecule has 164 valence electrons. The van der Waals surface area contributed by atoms with Crippen LogP contribution in [-0.4, -0.2) is 39.4 Å². The average molecular weight is 544 g/mol. The van der Waals surface area contributed by atoms with Gasteiger partial charge in [-0.1, -0.05) is 48.0 Å². The third-order valence-electron chi connectivity index (χ3n) is 5.43. The molecular weight excluding hydrogens is 513 g/mol. The van der Waals surface area contributed by atoms with Gasteiger partial charge < -0.3 is 20.1 Å². The molecule has 5 nitrogen and oxygen atoms in total. The number of hydrogen-bond acceptors (Lipinski definition) is 3. The molecule has 1 aliphatic heterocycles. The summed E-state index contributed by atoms with van der Waals surface area (Å²) in [5.74, 6) is 1.66. The molecule has 1 heterocycles. The molecule has 7 heteroatoms. The van der Waals surface area contributed by atoms with Crippen LogP contribution in [0.15, 0.2) is 53.5 Å². The van der Waals surface area contributed by atoms with E-state index in [1.807, 2.05) is 37.3 Å². The Kier molecular flexibility index (Phi) is 10.2. The van der Waals surface area contributed by atoms with Gasteiger partial charge in [0.25, 0.3) is 0 Å². The zero-order valence-electron chi connectivity index (χ0n) is 17.6. The van der Waals surface area contributed by atoms with Gasteiger partial charge in [0.15, 0.2) is 5.96 Å². The Morgan fingerprint density at radius 1 is 1.10 bits per heavy atom. The zero-order valence-corrected chi connectivity index (χ0v) is 20.7. The van der Waals surface area contributed by atoms with E-state index in [2.05, 4.69) is 33.8 Å². The van der Waals surface area contributed by atoms with E-state index in [9.17, 15) is 0 Å². The van der Waals surface area contributed by atoms with Crippen molar-refractivity contribution in [3.05, 3.63) is 64.7 Å². The molecule has 30 heavy (non-hydrogen) atoms. The Morgan fingerprint density at radius 2 is 1.80 bits per heavy atom. The topological polar surface area (TPSA) is 54.9 Å². The summed E-state index contributed by atoms with van der Waals surface area (Å²) in [4.78, 5) is 4.40. The van der Waals surface area contributed by atoms with E-state index >= 15 is 0 Å². The molecule has 2 aromatic carbocycles. The number of para-hydroxylation sites is 1. The first-order valence-electron chi connectivity index (χ1n) is 10.2. The summed E-state index contributed by atoms with van der Waals surface area (Å²) in [6.07, 6.45) is 1.85. The predicted molar refractivity (Wildman–Crippen MR) is 134 cm³/mol. The summed E-state index contributed by atoms with van der Waals surface area (Å²) in [7, 11) is 1.79. The minimum Gasteiger partial charge on any atom is -0.494 e. The Morgan fingerprint density at radius 3 is 2.50 bits per heavy atom. The molecule has 0 aromatic heterocycles. The largest absolute Gasteiger partial charge is 0.494 e. The molecule has 1 fully saturated rings. The smallest absolute Gasteiger partial charge is 0.191 e. The molecule has 3 rings (SSSR count). The van der Waals surface area contributed by atoms with Gasteiger partial charge in [-0.2, -0.15) is 0 Å². The van der Waals surface area contributed by atoms with Crippen molar-refractivity contribution in [1.82, 2.24) is 10.6 Å². The van der Waals surface area contributed by atoms with Gasteiger partial charge in [0.2, 0.25) is 0 Å². The van der Waals surface area contributed by atoms with Crippen molar-refractivity contribution in [3.8, 4) is 5.75 Å². The molecular formula is C23H31ClIN3O2. The number of halogens is 2. The van der Waals surface area contributed by atoms with Crippen molar-refractivity contribution in [2.75, 3.05) is 33.4 Å². The summed E-state index contributed by atoms with van der Waals surface area (Å²) in [5, 5.41) is 7.72. The molecule has 1 saturated heterocycles. The predicted octanol–water partition coefficient (Wildman–Crippen LogP) is 4.77. The van der Waals surface area contributed by atoms with E-state index in [1.165, 1.54) is 5.56 Å². The Hall–Kier alpha value is -1.51. The first kappa shape index (κ1) is 24.8. The number of hydrogen-bond donors (Lipinski definition) is 2. The highest BCUT2D eigenvalue weighted by molar-refractivity contribution is 14.0. The lowest BCUT2D eigenvalue weighted by Crippen LogP contribution is -2.48. The van der Waals surface area contributed by atoms with Crippen LogP contribution in [0.4, 0.5) is 0 Å². The van der Waals surface area contributed by atoms with Crippen molar-refractivity contribution in [3.63, 3.8) is 0 Å². The molecule has 0 atom stereocenters. The number of aliphatic imine (C=N–C) groups is 1. The molecule has 1 aliphatic rings. The van der Waals surface area contributed by atoms with E-state index in [0.29, 0.717) is 13.2 Å². The quantitative estimate of drug-likeness (QED) is 0.300. The highest BCUT2D eigenvalue weighted by atomic mass is 127. The SMILES string of the molecule is CCOc1ccccc1CNC(=NC)NCC1(c2ccccc2Cl)CCOCC1.I. The second kappa shape index (κ2) is 12.4. The van der Waals surface area contributed by atoms with E-state index in [4.69, 9.17) is 21.1 Å². The first-order chi connectivity index (χ1) is 14.2. The highest BCUT2D eigenvalue weighted by Crippen LogP contribution is 2.38. The first-order valence-corrected chi connectivity index (χ1v) is 10.5. The van der Waals surface area contributed by atoms with Crippen molar-refractivity contribution in [2.45, 2.75) is 31.7 Å². The minimum atomic E-state index is -0.0720. The highest BCUT2D eigenvalue weighted by Gasteiger charge is 2.36. The molecule has 2 N–H and O–H groups in total. The van der Waals surface area contributed by atoms with Crippen LogP contribution in [0, 0.1) is 0 Å². The van der Waals surface area contributed by atoms with Gasteiger partial charge >= 0.3 is 0 Å². The fraction of sp³-hybridized carbons (Fsp3) is 0.435. The fourth-order valence-corrected chi connectivity index (χ4v) is 4.13. The number of guanidine groups is 1. The zero-order chi connectivity index (χ0) is 20.5. The van der Waals surface area contributed by atoms with Crippen LogP contribution >= 0.6 is 35.6 Å². The maximum Gasteiger partial charge on any atom is 0.191 e. The van der Waals surface area contributed by atoms with Gasteiger partial charge in [-0.3, -0.25) is 4.99 Å². The number of nitrogens with one attached hydrogen (secondary N) is 2. The molecule has 0 unspecified atom stereocenters. The van der Waals surface area contributed by atoms with E-state index in [-0.39, 0.29) is 29.4 Å². The summed E-state index contributed by atoms with van der Waals surface area (Å²) in [5.41, 5.74) is 2.20. The number of benzene rings is 2. The molecule has 0 spiro atoms. The average Bonchev–Trinajstić information content (AvgIpc) is 2.76. The Bertz CT molecular complexity index is 826. The van der Waals surface area contributed by atoms with Crippen LogP contribution in [0.2, 0.25) is 5.02 Å². The van der Waals surface area contributed by atoms with Gasteiger partial charge in [0.05, 0.1) is 6.61 Å². The lowest BCUT2D eigenvalue weighted by atomic mass is 9.74. The van der Waals surface area contributed by atoms with E-state index in [1.54, 1.807) is 7.05 Å². The van der Waals surface area contributed by atoms with Gasteiger partial charge in [0, 0.05) is 49.4 Å². The van der Waals surface area contributed by atoms with Crippen molar-refractivity contribution in [1.29, 1.82) is 0 Å². The van der Waals surface area contributed by atoms with Crippen LogP contribution in [0.5, 0.6) is 5.75 Å². The van der Waals surface area contributed by atoms with Crippen molar-refractivity contribution in [2.24, 2.45) is 4.99 Å². The third kappa shape index (κ3) is 6.25. The van der Waals surface area contributed by atoms with Gasteiger partial charge in [-0.15, -0.1) is 24.0 Å². The number of nitrogens with zero attached hydrogens (tertiary/aromatic N) is 1. The summed E-state index contributed by atoms with van der Waals surface area (Å²) >= 11 is 6.56. The van der Waals surface area contributed by atoms with Crippen molar-refractivity contribution >= 4 is 41.5 Å². The third-order valence-corrected chi connectivity index (χ3v) is 5.76. The molecule has 0 saturated carbocycles. The second-order valence-electron chi connectivity index (χ2n) is 7.19. The van der Waals surface area contributed by atoms with Gasteiger partial charge in [-0.25, -0.2) is 0 Å². The summed E-state index contributed by atoms with van der Waals surface area (Å²) in [6, 6.07) is 16.2. The van der Waals surface area contributed by atoms with Crippen LogP contribution < -0.4 is 15.4 Å². The van der Waals surface area contributed by atoms with Crippen LogP contribution in [0.3, 0.4) is 0 Å². The maximum absolute atomic E-state index is 6.56. The molecule has 2 aromatic rings. The van der Waals surface area contributed by atoms with Crippen LogP contribution in [-0.2, 0) is 16.7 Å². The second-order valence-corrected chi connectivity index (χ2v) is 7.60. The van der Waals surface area contributed by atoms with Gasteiger partial charge in [0.1, 0.15) is 5.75 Å². The summed E-state index contributed by atoms with van der Waals surface area (Å²) < 4.78 is 11.3. The normalized spacial score (nSPS) is 15.8. The maximum atomic E-state index is 6.56. The lowest BCUT2D eigenvalue weighted by molar-refractivity contribution is 0.0514. The molecule has 0 aliphatic carbocycles.